The summed E-state index contributed by atoms with van der Waals surface area (Å²) in [4.78, 5) is 18.1. The van der Waals surface area contributed by atoms with E-state index in [0.717, 1.165) is 22.2 Å². The Morgan fingerprint density at radius 2 is 1.81 bits per heavy atom. The largest absolute Gasteiger partial charge is 0.378 e. The maximum Gasteiger partial charge on any atom is 0.339 e. The van der Waals surface area contributed by atoms with Crippen LogP contribution < -0.4 is 14.3 Å². The molecule has 0 radical (unpaired) electrons. The molecule has 160 valence electrons. The highest BCUT2D eigenvalue weighted by Gasteiger charge is 2.18. The molecule has 0 saturated carbocycles. The summed E-state index contributed by atoms with van der Waals surface area (Å²) in [7, 11) is -3.96. The van der Waals surface area contributed by atoms with Gasteiger partial charge in [0.2, 0.25) is 0 Å². The summed E-state index contributed by atoms with van der Waals surface area (Å²) in [6.07, 6.45) is 1.75. The van der Waals surface area contributed by atoms with Crippen LogP contribution in [0.15, 0.2) is 80.9 Å². The first-order valence-corrected chi connectivity index (χ1v) is 12.6. The van der Waals surface area contributed by atoms with Crippen LogP contribution in [-0.4, -0.2) is 17.8 Å². The number of halogens is 1. The molecule has 0 amide bonds. The average Bonchev–Trinajstić information content (AvgIpc) is 3.26. The minimum Gasteiger partial charge on any atom is -0.378 e. The van der Waals surface area contributed by atoms with E-state index in [1.54, 1.807) is 40.8 Å². The van der Waals surface area contributed by atoms with Gasteiger partial charge in [-0.15, -0.1) is 0 Å². The molecule has 32 heavy (non-hydrogen) atoms. The number of thiazole rings is 1. The summed E-state index contributed by atoms with van der Waals surface area (Å²) in [5.74, 6) is 0.164. The summed E-state index contributed by atoms with van der Waals surface area (Å²) in [5.41, 5.74) is 3.09. The molecule has 5 rings (SSSR count). The highest BCUT2D eigenvalue weighted by atomic mass is 79.9. The molecular weight excluding hydrogens is 512 g/mol. The number of hydrogen-bond acceptors (Lipinski definition) is 6. The Labute approximate surface area is 195 Å². The number of aromatic nitrogens is 2. The van der Waals surface area contributed by atoms with Gasteiger partial charge < -0.3 is 4.18 Å². The zero-order valence-electron chi connectivity index (χ0n) is 16.7. The molecule has 0 saturated heterocycles. The standard InChI is InChI=1S/C23H15BrN2O4S2/c1-14-6-9-16(10-7-14)32(28,29)30-20-11-8-15(12-17(20)24)13-21-22(27)26-19-5-3-2-4-18(19)25-23(26)31-21/h2-13H,1H3/b21-13+. The predicted molar refractivity (Wildman–Crippen MR) is 129 cm³/mol. The highest BCUT2D eigenvalue weighted by molar-refractivity contribution is 9.10. The van der Waals surface area contributed by atoms with Crippen LogP contribution >= 0.6 is 27.3 Å². The van der Waals surface area contributed by atoms with E-state index in [0.29, 0.717) is 14.0 Å². The van der Waals surface area contributed by atoms with Gasteiger partial charge in [0.15, 0.2) is 10.7 Å². The van der Waals surface area contributed by atoms with Crippen LogP contribution in [0.4, 0.5) is 0 Å². The number of rotatable bonds is 4. The molecule has 0 N–H and O–H groups in total. The van der Waals surface area contributed by atoms with Crippen LogP contribution in [-0.2, 0) is 10.1 Å². The SMILES string of the molecule is Cc1ccc(S(=O)(=O)Oc2ccc(/C=c3/sc4nc5ccccc5n4c3=O)cc2Br)cc1. The van der Waals surface area contributed by atoms with E-state index in [1.807, 2.05) is 31.2 Å². The van der Waals surface area contributed by atoms with Gasteiger partial charge in [-0.1, -0.05) is 47.2 Å². The molecule has 0 aliphatic heterocycles. The zero-order chi connectivity index (χ0) is 22.5. The van der Waals surface area contributed by atoms with Crippen LogP contribution in [0.3, 0.4) is 0 Å². The Morgan fingerprint density at radius 1 is 1.06 bits per heavy atom. The van der Waals surface area contributed by atoms with Crippen molar-refractivity contribution in [3.8, 4) is 5.75 Å². The summed E-state index contributed by atoms with van der Waals surface area (Å²) in [6, 6.07) is 18.9. The Bertz CT molecular complexity index is 1710. The van der Waals surface area contributed by atoms with Gasteiger partial charge in [0.05, 0.1) is 20.0 Å². The van der Waals surface area contributed by atoms with Crippen molar-refractivity contribution in [3.63, 3.8) is 0 Å². The van der Waals surface area contributed by atoms with Crippen LogP contribution in [0.2, 0.25) is 0 Å². The van der Waals surface area contributed by atoms with Crippen molar-refractivity contribution >= 4 is 59.5 Å². The van der Waals surface area contributed by atoms with Gasteiger partial charge in [-0.05, 0) is 70.9 Å². The van der Waals surface area contributed by atoms with E-state index < -0.39 is 10.1 Å². The number of imidazole rings is 1. The summed E-state index contributed by atoms with van der Waals surface area (Å²) >= 11 is 4.68. The first-order chi connectivity index (χ1) is 15.3. The summed E-state index contributed by atoms with van der Waals surface area (Å²) in [6.45, 7) is 1.88. The van der Waals surface area contributed by atoms with Crippen molar-refractivity contribution in [2.24, 2.45) is 0 Å². The van der Waals surface area contributed by atoms with Crippen LogP contribution in [0.25, 0.3) is 22.1 Å². The molecule has 0 unspecified atom stereocenters. The van der Waals surface area contributed by atoms with Crippen molar-refractivity contribution in [1.82, 2.24) is 9.38 Å². The van der Waals surface area contributed by atoms with E-state index in [2.05, 4.69) is 20.9 Å². The Kier molecular flexibility index (Phi) is 5.11. The second-order valence-electron chi connectivity index (χ2n) is 7.17. The smallest absolute Gasteiger partial charge is 0.339 e. The van der Waals surface area contributed by atoms with Gasteiger partial charge in [0, 0.05) is 0 Å². The summed E-state index contributed by atoms with van der Waals surface area (Å²) in [5, 5.41) is 0. The quantitative estimate of drug-likeness (QED) is 0.326. The Morgan fingerprint density at radius 3 is 2.56 bits per heavy atom. The van der Waals surface area contributed by atoms with Crippen LogP contribution in [0.1, 0.15) is 11.1 Å². The van der Waals surface area contributed by atoms with Gasteiger partial charge in [-0.3, -0.25) is 4.79 Å². The number of aryl methyl sites for hydroxylation is 1. The van der Waals surface area contributed by atoms with Crippen molar-refractivity contribution in [1.29, 1.82) is 0 Å². The number of benzene rings is 3. The first-order valence-electron chi connectivity index (χ1n) is 9.54. The molecule has 9 heteroatoms. The Hall–Kier alpha value is -3.01. The maximum absolute atomic E-state index is 12.9. The Balaban J connectivity index is 1.49. The van der Waals surface area contributed by atoms with Crippen molar-refractivity contribution in [2.45, 2.75) is 11.8 Å². The fourth-order valence-electron chi connectivity index (χ4n) is 3.31. The zero-order valence-corrected chi connectivity index (χ0v) is 19.9. The van der Waals surface area contributed by atoms with Gasteiger partial charge in [-0.25, -0.2) is 9.38 Å². The highest BCUT2D eigenvalue weighted by Crippen LogP contribution is 2.29. The molecule has 5 aromatic rings. The molecular formula is C23H15BrN2O4S2. The summed E-state index contributed by atoms with van der Waals surface area (Å²) < 4.78 is 33.0. The molecule has 2 heterocycles. The lowest BCUT2D eigenvalue weighted by Gasteiger charge is -2.09. The number of fused-ring (bicyclic) bond motifs is 3. The third kappa shape index (κ3) is 3.72. The third-order valence-electron chi connectivity index (χ3n) is 4.91. The predicted octanol–water partition coefficient (Wildman–Crippen LogP) is 4.30. The molecule has 0 aliphatic carbocycles. The fraction of sp³-hybridized carbons (Fsp3) is 0.0435. The topological polar surface area (TPSA) is 77.7 Å². The second-order valence-corrected chi connectivity index (χ2v) is 10.6. The van der Waals surface area contributed by atoms with E-state index in [4.69, 9.17) is 4.18 Å². The number of para-hydroxylation sites is 2. The van der Waals surface area contributed by atoms with Crippen LogP contribution in [0.5, 0.6) is 5.75 Å². The minimum absolute atomic E-state index is 0.0794. The molecule has 6 nitrogen and oxygen atoms in total. The van der Waals surface area contributed by atoms with Gasteiger partial charge in [0.1, 0.15) is 4.90 Å². The minimum atomic E-state index is -3.96. The fourth-order valence-corrected chi connectivity index (χ4v) is 5.83. The van der Waals surface area contributed by atoms with Crippen molar-refractivity contribution < 1.29 is 12.6 Å². The molecule has 0 aliphatic rings. The van der Waals surface area contributed by atoms with Gasteiger partial charge in [0.25, 0.3) is 5.56 Å². The lowest BCUT2D eigenvalue weighted by Crippen LogP contribution is -2.22. The number of hydrogen-bond donors (Lipinski definition) is 0. The number of nitrogens with zero attached hydrogens (tertiary/aromatic N) is 2. The molecule has 3 aromatic carbocycles. The first kappa shape index (κ1) is 20.9. The lowest BCUT2D eigenvalue weighted by atomic mass is 10.2. The van der Waals surface area contributed by atoms with E-state index in [9.17, 15) is 13.2 Å². The van der Waals surface area contributed by atoms with E-state index >= 15 is 0 Å². The molecule has 0 fully saturated rings. The average molecular weight is 527 g/mol. The third-order valence-corrected chi connectivity index (χ3v) is 7.74. The lowest BCUT2D eigenvalue weighted by molar-refractivity contribution is 0.484. The van der Waals surface area contributed by atoms with Crippen molar-refractivity contribution in [3.05, 3.63) is 97.2 Å². The van der Waals surface area contributed by atoms with Gasteiger partial charge in [-0.2, -0.15) is 8.42 Å². The van der Waals surface area contributed by atoms with E-state index in [1.165, 1.54) is 23.5 Å². The monoisotopic (exact) mass is 526 g/mol. The van der Waals surface area contributed by atoms with Gasteiger partial charge >= 0.3 is 10.1 Å². The van der Waals surface area contributed by atoms with E-state index in [-0.39, 0.29) is 16.2 Å². The van der Waals surface area contributed by atoms with Crippen molar-refractivity contribution in [2.75, 3.05) is 0 Å². The molecule has 0 atom stereocenters. The molecule has 0 bridgehead atoms. The van der Waals surface area contributed by atoms with Crippen LogP contribution in [0, 0.1) is 6.92 Å². The molecule has 0 spiro atoms. The maximum atomic E-state index is 12.9. The normalized spacial score (nSPS) is 12.6. The second kappa shape index (κ2) is 7.84. The molecule has 2 aromatic heterocycles.